The van der Waals surface area contributed by atoms with E-state index in [9.17, 15) is 0 Å². The summed E-state index contributed by atoms with van der Waals surface area (Å²) in [5.41, 5.74) is 0.590. The van der Waals surface area contributed by atoms with E-state index < -0.39 is 0 Å². The summed E-state index contributed by atoms with van der Waals surface area (Å²) in [6.45, 7) is 0. The molecule has 0 fully saturated rings. The minimum absolute atomic E-state index is 0.535. The van der Waals surface area contributed by atoms with E-state index in [1.165, 1.54) is 2.88 Å². The lowest BCUT2D eigenvalue weighted by Crippen LogP contribution is -1.75. The molecule has 1 aromatic heterocycles. The quantitative estimate of drug-likeness (QED) is 0.673. The number of halogens is 2. The number of rotatable bonds is 0. The molecule has 4 heteroatoms. The lowest BCUT2D eigenvalue weighted by molar-refractivity contribution is 1.51. The average Bonchev–Trinajstić information content (AvgIpc) is 2.45. The normalized spacial score (nSPS) is 10.2. The van der Waals surface area contributed by atoms with Crippen molar-refractivity contribution in [2.24, 2.45) is 0 Å². The van der Waals surface area contributed by atoms with E-state index >= 15 is 0 Å². The SMILES string of the molecule is N#Cc1c(Cl)ccc2cc(I)sc12. The molecule has 0 N–H and O–H groups in total. The Labute approximate surface area is 98.1 Å². The van der Waals surface area contributed by atoms with Crippen molar-refractivity contribution >= 4 is 55.6 Å². The molecule has 0 aliphatic rings. The molecule has 0 aliphatic heterocycles. The van der Waals surface area contributed by atoms with Crippen molar-refractivity contribution in [1.29, 1.82) is 5.26 Å². The summed E-state index contributed by atoms with van der Waals surface area (Å²) in [6.07, 6.45) is 0. The van der Waals surface area contributed by atoms with Crippen molar-refractivity contribution in [3.05, 3.63) is 31.7 Å². The summed E-state index contributed by atoms with van der Waals surface area (Å²) in [5.74, 6) is 0. The van der Waals surface area contributed by atoms with Crippen LogP contribution in [0.1, 0.15) is 5.56 Å². The van der Waals surface area contributed by atoms with Crippen molar-refractivity contribution in [2.75, 3.05) is 0 Å². The maximum absolute atomic E-state index is 8.90. The van der Waals surface area contributed by atoms with Crippen LogP contribution >= 0.6 is 45.5 Å². The molecule has 0 radical (unpaired) electrons. The smallest absolute Gasteiger partial charge is 0.102 e. The number of benzene rings is 1. The summed E-state index contributed by atoms with van der Waals surface area (Å²) >= 11 is 9.74. The zero-order valence-electron chi connectivity index (χ0n) is 6.34. The second-order valence-electron chi connectivity index (χ2n) is 2.50. The van der Waals surface area contributed by atoms with Crippen LogP contribution in [0.15, 0.2) is 18.2 Å². The fourth-order valence-electron chi connectivity index (χ4n) is 1.15. The van der Waals surface area contributed by atoms with Gasteiger partial charge in [0.1, 0.15) is 6.07 Å². The van der Waals surface area contributed by atoms with Crippen LogP contribution in [0.25, 0.3) is 10.1 Å². The topological polar surface area (TPSA) is 23.8 Å². The number of hydrogen-bond donors (Lipinski definition) is 0. The molecule has 2 aromatic rings. The van der Waals surface area contributed by atoms with Crippen molar-refractivity contribution < 1.29 is 0 Å². The van der Waals surface area contributed by atoms with Crippen LogP contribution in [0.2, 0.25) is 5.02 Å². The Hall–Kier alpha value is -0.310. The largest absolute Gasteiger partial charge is 0.192 e. The Morgan fingerprint density at radius 3 is 2.92 bits per heavy atom. The monoisotopic (exact) mass is 319 g/mol. The maximum Gasteiger partial charge on any atom is 0.102 e. The van der Waals surface area contributed by atoms with Crippen molar-refractivity contribution in [3.63, 3.8) is 0 Å². The molecule has 2 rings (SSSR count). The van der Waals surface area contributed by atoms with Crippen LogP contribution in [0, 0.1) is 14.2 Å². The van der Waals surface area contributed by atoms with Gasteiger partial charge in [-0.3, -0.25) is 0 Å². The highest BCUT2D eigenvalue weighted by atomic mass is 127. The van der Waals surface area contributed by atoms with Gasteiger partial charge >= 0.3 is 0 Å². The zero-order valence-corrected chi connectivity index (χ0v) is 10.1. The first-order valence-corrected chi connectivity index (χ1v) is 5.77. The fourth-order valence-corrected chi connectivity index (χ4v) is 3.29. The van der Waals surface area contributed by atoms with Gasteiger partial charge in [0.05, 0.1) is 18.2 Å². The molecule has 0 amide bonds. The first kappa shape index (κ1) is 9.25. The Morgan fingerprint density at radius 1 is 1.46 bits per heavy atom. The van der Waals surface area contributed by atoms with E-state index in [0.29, 0.717) is 10.6 Å². The van der Waals surface area contributed by atoms with Gasteiger partial charge < -0.3 is 0 Å². The highest BCUT2D eigenvalue weighted by Crippen LogP contribution is 2.32. The number of nitriles is 1. The van der Waals surface area contributed by atoms with Gasteiger partial charge in [-0.25, -0.2) is 0 Å². The second-order valence-corrected chi connectivity index (χ2v) is 5.86. The van der Waals surface area contributed by atoms with E-state index in [-0.39, 0.29) is 0 Å². The highest BCUT2D eigenvalue weighted by molar-refractivity contribution is 14.1. The van der Waals surface area contributed by atoms with E-state index in [1.807, 2.05) is 6.07 Å². The van der Waals surface area contributed by atoms with Gasteiger partial charge in [0.25, 0.3) is 0 Å². The van der Waals surface area contributed by atoms with Crippen LogP contribution in [-0.4, -0.2) is 0 Å². The standard InChI is InChI=1S/C9H3ClINS/c10-7-2-1-5-3-8(11)13-9(5)6(7)4-12/h1-3H. The number of hydrogen-bond acceptors (Lipinski definition) is 2. The molecule has 0 aliphatic carbocycles. The van der Waals surface area contributed by atoms with Gasteiger partial charge in [-0.1, -0.05) is 17.7 Å². The Kier molecular flexibility index (Phi) is 2.45. The third-order valence-electron chi connectivity index (χ3n) is 1.72. The summed E-state index contributed by atoms with van der Waals surface area (Å²) < 4.78 is 2.16. The van der Waals surface area contributed by atoms with Crippen LogP contribution < -0.4 is 0 Å². The fraction of sp³-hybridized carbons (Fsp3) is 0. The van der Waals surface area contributed by atoms with E-state index in [2.05, 4.69) is 34.7 Å². The average molecular weight is 320 g/mol. The van der Waals surface area contributed by atoms with Crippen LogP contribution in [0.5, 0.6) is 0 Å². The maximum atomic E-state index is 8.90. The van der Waals surface area contributed by atoms with Gasteiger partial charge in [-0.2, -0.15) is 5.26 Å². The molecule has 0 saturated carbocycles. The molecular formula is C9H3ClINS. The molecular weight excluding hydrogens is 317 g/mol. The number of fused-ring (bicyclic) bond motifs is 1. The van der Waals surface area contributed by atoms with Gasteiger partial charge in [-0.05, 0) is 40.1 Å². The predicted octanol–water partition coefficient (Wildman–Crippen LogP) is 4.03. The van der Waals surface area contributed by atoms with Crippen LogP contribution in [0.3, 0.4) is 0 Å². The second kappa shape index (κ2) is 3.45. The minimum Gasteiger partial charge on any atom is -0.192 e. The lowest BCUT2D eigenvalue weighted by atomic mass is 10.2. The van der Waals surface area contributed by atoms with Gasteiger partial charge in [-0.15, -0.1) is 11.3 Å². The molecule has 13 heavy (non-hydrogen) atoms. The third kappa shape index (κ3) is 1.54. The molecule has 64 valence electrons. The summed E-state index contributed by atoms with van der Waals surface area (Å²) in [5, 5.41) is 10.5. The third-order valence-corrected chi connectivity index (χ3v) is 3.96. The van der Waals surface area contributed by atoms with Gasteiger partial charge in [0.15, 0.2) is 0 Å². The summed E-state index contributed by atoms with van der Waals surface area (Å²) in [7, 11) is 0. The molecule has 1 heterocycles. The molecule has 1 nitrogen and oxygen atoms in total. The molecule has 0 atom stereocenters. The molecule has 0 unspecified atom stereocenters. The zero-order chi connectivity index (χ0) is 9.42. The van der Waals surface area contributed by atoms with Gasteiger partial charge in [0, 0.05) is 0 Å². The molecule has 1 aromatic carbocycles. The summed E-state index contributed by atoms with van der Waals surface area (Å²) in [6, 6.07) is 7.89. The molecule has 0 spiro atoms. The highest BCUT2D eigenvalue weighted by Gasteiger charge is 2.08. The van der Waals surface area contributed by atoms with Crippen molar-refractivity contribution in [1.82, 2.24) is 0 Å². The van der Waals surface area contributed by atoms with E-state index in [1.54, 1.807) is 17.4 Å². The Morgan fingerprint density at radius 2 is 2.23 bits per heavy atom. The van der Waals surface area contributed by atoms with Gasteiger partial charge in [0.2, 0.25) is 0 Å². The first-order valence-electron chi connectivity index (χ1n) is 3.50. The van der Waals surface area contributed by atoms with E-state index in [0.717, 1.165) is 10.1 Å². The minimum atomic E-state index is 0.535. The Bertz CT molecular complexity index is 512. The number of thiophene rings is 1. The Balaban J connectivity index is 2.93. The van der Waals surface area contributed by atoms with Crippen LogP contribution in [0.4, 0.5) is 0 Å². The van der Waals surface area contributed by atoms with Crippen molar-refractivity contribution in [2.45, 2.75) is 0 Å². The predicted molar refractivity (Wildman–Crippen MR) is 64.3 cm³/mol. The van der Waals surface area contributed by atoms with Crippen molar-refractivity contribution in [3.8, 4) is 6.07 Å². The lowest BCUT2D eigenvalue weighted by Gasteiger charge is -1.94. The number of nitrogens with zero attached hydrogens (tertiary/aromatic N) is 1. The van der Waals surface area contributed by atoms with Crippen LogP contribution in [-0.2, 0) is 0 Å². The summed E-state index contributed by atoms with van der Waals surface area (Å²) in [4.78, 5) is 0. The molecule has 0 saturated heterocycles. The molecule has 0 bridgehead atoms. The first-order chi connectivity index (χ1) is 6.22. The van der Waals surface area contributed by atoms with E-state index in [4.69, 9.17) is 16.9 Å².